The van der Waals surface area contributed by atoms with Gasteiger partial charge in [-0.05, 0) is 52.2 Å². The smallest absolute Gasteiger partial charge is 0.255 e. The molecule has 0 radical (unpaired) electrons. The molecule has 0 saturated carbocycles. The summed E-state index contributed by atoms with van der Waals surface area (Å²) in [5.74, 6) is -0.234. The Kier molecular flexibility index (Phi) is 4.70. The van der Waals surface area contributed by atoms with Crippen molar-refractivity contribution in [1.29, 1.82) is 0 Å². The molecule has 0 aliphatic rings. The molecule has 1 aromatic heterocycles. The van der Waals surface area contributed by atoms with Gasteiger partial charge in [-0.3, -0.25) is 4.79 Å². The van der Waals surface area contributed by atoms with Gasteiger partial charge in [0.25, 0.3) is 5.91 Å². The summed E-state index contributed by atoms with van der Waals surface area (Å²) < 4.78 is 0.920. The van der Waals surface area contributed by atoms with Gasteiger partial charge in [-0.1, -0.05) is 19.9 Å². The first kappa shape index (κ1) is 15.3. The molecule has 1 aromatic carbocycles. The first-order chi connectivity index (χ1) is 9.40. The molecule has 0 atom stereocenters. The fourth-order valence-corrected chi connectivity index (χ4v) is 3.18. The minimum absolute atomic E-state index is 0.0110. The predicted octanol–water partition coefficient (Wildman–Crippen LogP) is 3.77. The van der Waals surface area contributed by atoms with Crippen LogP contribution in [0.5, 0.6) is 5.75 Å². The highest BCUT2D eigenvalue weighted by molar-refractivity contribution is 14.1. The minimum atomic E-state index is -0.245. The summed E-state index contributed by atoms with van der Waals surface area (Å²) in [6, 6.07) is 9.07. The van der Waals surface area contributed by atoms with Crippen LogP contribution in [0.2, 0.25) is 0 Å². The molecule has 0 unspecified atom stereocenters. The Hall–Kier alpha value is -1.08. The number of rotatable bonds is 4. The molecule has 0 aliphatic heterocycles. The minimum Gasteiger partial charge on any atom is -0.507 e. The number of carbonyl (C=O) groups is 1. The fourth-order valence-electron chi connectivity index (χ4n) is 1.84. The molecule has 1 amide bonds. The van der Waals surface area contributed by atoms with Crippen LogP contribution in [0.15, 0.2) is 35.7 Å². The Balaban J connectivity index is 2.07. The van der Waals surface area contributed by atoms with E-state index in [4.69, 9.17) is 0 Å². The summed E-state index contributed by atoms with van der Waals surface area (Å²) in [5, 5.41) is 14.7. The van der Waals surface area contributed by atoms with E-state index in [2.05, 4.69) is 47.8 Å². The van der Waals surface area contributed by atoms with Gasteiger partial charge in [0.1, 0.15) is 5.75 Å². The van der Waals surface area contributed by atoms with Crippen LogP contribution < -0.4 is 5.32 Å². The molecule has 1 heterocycles. The van der Waals surface area contributed by atoms with Crippen molar-refractivity contribution in [1.82, 2.24) is 5.32 Å². The zero-order valence-corrected chi connectivity index (χ0v) is 14.3. The number of nitrogens with one attached hydrogen (secondary N) is 1. The number of amides is 1. The molecule has 0 bridgehead atoms. The summed E-state index contributed by atoms with van der Waals surface area (Å²) in [4.78, 5) is 13.4. The van der Waals surface area contributed by atoms with Crippen LogP contribution in [0.4, 0.5) is 0 Å². The Morgan fingerprint density at radius 2 is 2.15 bits per heavy atom. The lowest BCUT2D eigenvalue weighted by Gasteiger charge is -2.23. The molecule has 2 aromatic rings. The maximum absolute atomic E-state index is 12.2. The van der Waals surface area contributed by atoms with Crippen LogP contribution in [0.1, 0.15) is 29.1 Å². The first-order valence-electron chi connectivity index (χ1n) is 6.21. The van der Waals surface area contributed by atoms with Gasteiger partial charge in [0.15, 0.2) is 0 Å². The molecule has 5 heteroatoms. The van der Waals surface area contributed by atoms with Gasteiger partial charge in [0.05, 0.1) is 5.56 Å². The van der Waals surface area contributed by atoms with Crippen molar-refractivity contribution in [2.45, 2.75) is 19.3 Å². The van der Waals surface area contributed by atoms with E-state index < -0.39 is 0 Å². The molecule has 0 saturated heterocycles. The highest BCUT2D eigenvalue weighted by atomic mass is 127. The van der Waals surface area contributed by atoms with Crippen molar-refractivity contribution in [3.63, 3.8) is 0 Å². The Morgan fingerprint density at radius 3 is 2.80 bits per heavy atom. The van der Waals surface area contributed by atoms with Crippen LogP contribution >= 0.6 is 33.9 Å². The topological polar surface area (TPSA) is 49.3 Å². The van der Waals surface area contributed by atoms with Gasteiger partial charge in [0, 0.05) is 20.4 Å². The summed E-state index contributed by atoms with van der Waals surface area (Å²) in [7, 11) is 0. The third-order valence-corrected chi connectivity index (χ3v) is 4.99. The van der Waals surface area contributed by atoms with E-state index in [1.165, 1.54) is 4.88 Å². The largest absolute Gasteiger partial charge is 0.507 e. The highest BCUT2D eigenvalue weighted by Crippen LogP contribution is 2.27. The standard InChI is InChI=1S/C15H16INO2S/c1-15(2,13-4-3-7-20-13)9-17-14(19)11-8-10(16)5-6-12(11)18/h3-8,18H,9H2,1-2H3,(H,17,19). The van der Waals surface area contributed by atoms with Gasteiger partial charge in [-0.2, -0.15) is 0 Å². The molecule has 2 N–H and O–H groups in total. The maximum atomic E-state index is 12.2. The van der Waals surface area contributed by atoms with Crippen molar-refractivity contribution in [3.05, 3.63) is 49.7 Å². The van der Waals surface area contributed by atoms with Crippen molar-refractivity contribution in [3.8, 4) is 5.75 Å². The van der Waals surface area contributed by atoms with E-state index >= 15 is 0 Å². The Bertz CT molecular complexity index is 608. The molecule has 3 nitrogen and oxygen atoms in total. The van der Waals surface area contributed by atoms with Gasteiger partial charge >= 0.3 is 0 Å². The quantitative estimate of drug-likeness (QED) is 0.767. The van der Waals surface area contributed by atoms with Crippen LogP contribution in [0.3, 0.4) is 0 Å². The predicted molar refractivity (Wildman–Crippen MR) is 90.5 cm³/mol. The van der Waals surface area contributed by atoms with E-state index in [1.54, 1.807) is 29.5 Å². The molecular formula is C15H16INO2S. The summed E-state index contributed by atoms with van der Waals surface area (Å²) in [6.45, 7) is 4.71. The lowest BCUT2D eigenvalue weighted by atomic mass is 9.91. The molecule has 20 heavy (non-hydrogen) atoms. The molecule has 2 rings (SSSR count). The van der Waals surface area contributed by atoms with Crippen LogP contribution in [0, 0.1) is 3.57 Å². The second kappa shape index (κ2) is 6.13. The average molecular weight is 401 g/mol. The van der Waals surface area contributed by atoms with Crippen molar-refractivity contribution >= 4 is 39.8 Å². The molecule has 0 aliphatic carbocycles. The number of halogens is 1. The van der Waals surface area contributed by atoms with E-state index in [0.717, 1.165) is 3.57 Å². The molecule has 0 spiro atoms. The summed E-state index contributed by atoms with van der Waals surface area (Å²) >= 11 is 3.80. The van der Waals surface area contributed by atoms with Gasteiger partial charge in [0.2, 0.25) is 0 Å². The normalized spacial score (nSPS) is 11.3. The van der Waals surface area contributed by atoms with E-state index in [-0.39, 0.29) is 17.1 Å². The van der Waals surface area contributed by atoms with Crippen LogP contribution in [-0.4, -0.2) is 17.6 Å². The lowest BCUT2D eigenvalue weighted by Crippen LogP contribution is -2.36. The van der Waals surface area contributed by atoms with Gasteiger partial charge in [-0.25, -0.2) is 0 Å². The number of hydrogen-bond acceptors (Lipinski definition) is 3. The van der Waals surface area contributed by atoms with Crippen LogP contribution in [-0.2, 0) is 5.41 Å². The monoisotopic (exact) mass is 401 g/mol. The number of hydrogen-bond donors (Lipinski definition) is 2. The zero-order valence-electron chi connectivity index (χ0n) is 11.3. The summed E-state index contributed by atoms with van der Waals surface area (Å²) in [5.41, 5.74) is 0.195. The third-order valence-electron chi connectivity index (χ3n) is 3.08. The second-order valence-electron chi connectivity index (χ2n) is 5.21. The third kappa shape index (κ3) is 3.52. The average Bonchev–Trinajstić information content (AvgIpc) is 2.93. The molecule has 106 valence electrons. The fraction of sp³-hybridized carbons (Fsp3) is 0.267. The van der Waals surface area contributed by atoms with E-state index in [1.807, 2.05) is 11.4 Å². The van der Waals surface area contributed by atoms with Crippen molar-refractivity contribution in [2.75, 3.05) is 6.54 Å². The highest BCUT2D eigenvalue weighted by Gasteiger charge is 2.23. The first-order valence-corrected chi connectivity index (χ1v) is 8.17. The lowest BCUT2D eigenvalue weighted by molar-refractivity contribution is 0.0943. The number of benzene rings is 1. The second-order valence-corrected chi connectivity index (χ2v) is 7.40. The van der Waals surface area contributed by atoms with Crippen molar-refractivity contribution in [2.24, 2.45) is 0 Å². The number of aromatic hydroxyl groups is 1. The van der Waals surface area contributed by atoms with Crippen molar-refractivity contribution < 1.29 is 9.90 Å². The zero-order chi connectivity index (χ0) is 14.8. The summed E-state index contributed by atoms with van der Waals surface area (Å²) in [6.07, 6.45) is 0. The number of carbonyl (C=O) groups excluding carboxylic acids is 1. The maximum Gasteiger partial charge on any atom is 0.255 e. The number of phenolic OH excluding ortho intramolecular Hbond substituents is 1. The molecule has 0 fully saturated rings. The van der Waals surface area contributed by atoms with E-state index in [0.29, 0.717) is 12.1 Å². The number of phenols is 1. The van der Waals surface area contributed by atoms with Crippen LogP contribution in [0.25, 0.3) is 0 Å². The van der Waals surface area contributed by atoms with E-state index in [9.17, 15) is 9.90 Å². The molecular weight excluding hydrogens is 385 g/mol. The Labute approximate surface area is 136 Å². The van der Waals surface area contributed by atoms with Gasteiger partial charge in [-0.15, -0.1) is 11.3 Å². The van der Waals surface area contributed by atoms with Gasteiger partial charge < -0.3 is 10.4 Å². The number of thiophene rings is 1. The Morgan fingerprint density at radius 1 is 1.40 bits per heavy atom. The SMILES string of the molecule is CC(C)(CNC(=O)c1cc(I)ccc1O)c1cccs1.